The van der Waals surface area contributed by atoms with E-state index in [2.05, 4.69) is 5.32 Å². The van der Waals surface area contributed by atoms with E-state index in [1.54, 1.807) is 18.2 Å². The molecule has 0 saturated carbocycles. The molecule has 1 N–H and O–H groups in total. The van der Waals surface area contributed by atoms with Gasteiger partial charge in [-0.1, -0.05) is 23.7 Å². The molecule has 2 aromatic carbocycles. The number of hydrogen-bond donors (Lipinski definition) is 1. The topological polar surface area (TPSA) is 73.9 Å². The van der Waals surface area contributed by atoms with E-state index >= 15 is 0 Å². The first-order valence-corrected chi connectivity index (χ1v) is 9.75. The fraction of sp³-hybridized carbons (Fsp3) is 0.333. The monoisotopic (exact) mass is 459 g/mol. The second-order valence-electron chi connectivity index (χ2n) is 6.23. The zero-order valence-corrected chi connectivity index (χ0v) is 17.4. The molecule has 0 unspecified atom stereocenters. The SMILES string of the molecule is CCOc1ccccc1OCCCC(=O)OCC(=O)Nc1cc(C(F)(F)F)ccc1Cl. The van der Waals surface area contributed by atoms with Crippen LogP contribution in [0.25, 0.3) is 0 Å². The average molecular weight is 460 g/mol. The summed E-state index contributed by atoms with van der Waals surface area (Å²) in [6.45, 7) is 1.91. The van der Waals surface area contributed by atoms with E-state index in [1.807, 2.05) is 13.0 Å². The number of carbonyl (C=O) groups is 2. The van der Waals surface area contributed by atoms with Gasteiger partial charge < -0.3 is 19.5 Å². The molecule has 6 nitrogen and oxygen atoms in total. The van der Waals surface area contributed by atoms with Gasteiger partial charge in [-0.15, -0.1) is 0 Å². The molecule has 168 valence electrons. The third-order valence-corrected chi connectivity index (χ3v) is 4.19. The molecule has 0 heterocycles. The maximum absolute atomic E-state index is 12.8. The molecule has 0 atom stereocenters. The molecule has 0 fully saturated rings. The highest BCUT2D eigenvalue weighted by molar-refractivity contribution is 6.33. The van der Waals surface area contributed by atoms with E-state index in [0.29, 0.717) is 30.6 Å². The summed E-state index contributed by atoms with van der Waals surface area (Å²) in [6, 6.07) is 9.64. The molecule has 31 heavy (non-hydrogen) atoms. The number of ether oxygens (including phenoxy) is 3. The molecular weight excluding hydrogens is 439 g/mol. The van der Waals surface area contributed by atoms with Crippen molar-refractivity contribution in [2.45, 2.75) is 25.9 Å². The largest absolute Gasteiger partial charge is 0.490 e. The number of esters is 1. The van der Waals surface area contributed by atoms with Crippen molar-refractivity contribution in [3.8, 4) is 11.5 Å². The number of carbonyl (C=O) groups excluding carboxylic acids is 2. The molecule has 2 aromatic rings. The van der Waals surface area contributed by atoms with E-state index in [9.17, 15) is 22.8 Å². The first kappa shape index (κ1) is 24.3. The van der Waals surface area contributed by atoms with Crippen molar-refractivity contribution in [1.29, 1.82) is 0 Å². The molecule has 10 heteroatoms. The highest BCUT2D eigenvalue weighted by Gasteiger charge is 2.31. The summed E-state index contributed by atoms with van der Waals surface area (Å²) in [4.78, 5) is 23.7. The predicted octanol–water partition coefficient (Wildman–Crippen LogP) is 5.10. The fourth-order valence-electron chi connectivity index (χ4n) is 2.44. The lowest BCUT2D eigenvalue weighted by atomic mass is 10.2. The number of alkyl halides is 3. The van der Waals surface area contributed by atoms with Gasteiger partial charge in [0.25, 0.3) is 5.91 Å². The van der Waals surface area contributed by atoms with E-state index in [-0.39, 0.29) is 23.7 Å². The first-order chi connectivity index (χ1) is 14.7. The van der Waals surface area contributed by atoms with Crippen LogP contribution in [0, 0.1) is 0 Å². The van der Waals surface area contributed by atoms with Crippen molar-refractivity contribution in [3.05, 3.63) is 53.1 Å². The molecule has 0 aliphatic rings. The third-order valence-electron chi connectivity index (χ3n) is 3.86. The minimum absolute atomic E-state index is 0.00556. The maximum atomic E-state index is 12.8. The number of para-hydroxylation sites is 2. The Balaban J connectivity index is 1.74. The van der Waals surface area contributed by atoms with Gasteiger partial charge in [-0.2, -0.15) is 13.2 Å². The zero-order chi connectivity index (χ0) is 22.9. The molecule has 0 aliphatic heterocycles. The summed E-state index contributed by atoms with van der Waals surface area (Å²) < 4.78 is 54.1. The standard InChI is InChI=1S/C21H21ClF3NO5/c1-2-29-17-6-3-4-7-18(17)30-11-5-8-20(28)31-13-19(27)26-16-12-14(21(23,24)25)9-10-15(16)22/h3-4,6-7,9-10,12H,2,5,8,11,13H2,1H3,(H,26,27). The lowest BCUT2D eigenvalue weighted by molar-refractivity contribution is -0.147. The van der Waals surface area contributed by atoms with Crippen molar-refractivity contribution < 1.29 is 37.0 Å². The van der Waals surface area contributed by atoms with Crippen molar-refractivity contribution in [3.63, 3.8) is 0 Å². The van der Waals surface area contributed by atoms with Gasteiger partial charge in [0.15, 0.2) is 18.1 Å². The van der Waals surface area contributed by atoms with Gasteiger partial charge in [-0.3, -0.25) is 9.59 Å². The summed E-state index contributed by atoms with van der Waals surface area (Å²) in [5.41, 5.74) is -1.19. The Morgan fingerprint density at radius 2 is 1.74 bits per heavy atom. The summed E-state index contributed by atoms with van der Waals surface area (Å²) in [7, 11) is 0. The lowest BCUT2D eigenvalue weighted by Crippen LogP contribution is -2.21. The lowest BCUT2D eigenvalue weighted by Gasteiger charge is -2.12. The molecule has 0 bridgehead atoms. The molecular formula is C21H21ClF3NO5. The van der Waals surface area contributed by atoms with Gasteiger partial charge in [0, 0.05) is 6.42 Å². The van der Waals surface area contributed by atoms with Crippen LogP contribution in [0.15, 0.2) is 42.5 Å². The number of anilines is 1. The molecule has 1 amide bonds. The minimum atomic E-state index is -4.58. The first-order valence-electron chi connectivity index (χ1n) is 9.37. The van der Waals surface area contributed by atoms with Crippen LogP contribution in [0.1, 0.15) is 25.3 Å². The van der Waals surface area contributed by atoms with Crippen molar-refractivity contribution in [1.82, 2.24) is 0 Å². The van der Waals surface area contributed by atoms with Crippen LogP contribution in [0.5, 0.6) is 11.5 Å². The van der Waals surface area contributed by atoms with E-state index in [1.165, 1.54) is 0 Å². The fourth-order valence-corrected chi connectivity index (χ4v) is 2.61. The summed E-state index contributed by atoms with van der Waals surface area (Å²) in [6.07, 6.45) is -4.25. The molecule has 0 aromatic heterocycles. The molecule has 2 rings (SSSR count). The van der Waals surface area contributed by atoms with Gasteiger partial charge >= 0.3 is 12.1 Å². The summed E-state index contributed by atoms with van der Waals surface area (Å²) >= 11 is 5.81. The number of halogens is 4. The van der Waals surface area contributed by atoms with Gasteiger partial charge in [0.1, 0.15) is 0 Å². The second-order valence-corrected chi connectivity index (χ2v) is 6.64. The van der Waals surface area contributed by atoms with Crippen molar-refractivity contribution in [2.24, 2.45) is 0 Å². The number of benzene rings is 2. The van der Waals surface area contributed by atoms with Gasteiger partial charge in [-0.05, 0) is 43.7 Å². The minimum Gasteiger partial charge on any atom is -0.490 e. The van der Waals surface area contributed by atoms with Crippen LogP contribution < -0.4 is 14.8 Å². The summed E-state index contributed by atoms with van der Waals surface area (Å²) in [5, 5.41) is 2.13. The normalized spacial score (nSPS) is 11.0. The van der Waals surface area contributed by atoms with Crippen LogP contribution in [-0.2, 0) is 20.5 Å². The van der Waals surface area contributed by atoms with Crippen molar-refractivity contribution >= 4 is 29.2 Å². The van der Waals surface area contributed by atoms with Crippen LogP contribution in [-0.4, -0.2) is 31.7 Å². The van der Waals surface area contributed by atoms with Gasteiger partial charge in [-0.25, -0.2) is 0 Å². The molecule has 0 saturated heterocycles. The number of amides is 1. The molecule has 0 spiro atoms. The van der Waals surface area contributed by atoms with Crippen LogP contribution in [0.4, 0.5) is 18.9 Å². The predicted molar refractivity (Wildman–Crippen MR) is 108 cm³/mol. The zero-order valence-electron chi connectivity index (χ0n) is 16.6. The Morgan fingerprint density at radius 1 is 1.06 bits per heavy atom. The van der Waals surface area contributed by atoms with E-state index in [0.717, 1.165) is 12.1 Å². The van der Waals surface area contributed by atoms with Crippen molar-refractivity contribution in [2.75, 3.05) is 25.1 Å². The highest BCUT2D eigenvalue weighted by Crippen LogP contribution is 2.33. The second kappa shape index (κ2) is 11.5. The van der Waals surface area contributed by atoms with Crippen LogP contribution in [0.3, 0.4) is 0 Å². The van der Waals surface area contributed by atoms with E-state index in [4.69, 9.17) is 25.8 Å². The Labute approximate surface area is 182 Å². The Bertz CT molecular complexity index is 905. The van der Waals surface area contributed by atoms with Crippen LogP contribution >= 0.6 is 11.6 Å². The Kier molecular flexibility index (Phi) is 8.99. The number of rotatable bonds is 10. The quantitative estimate of drug-likeness (QED) is 0.395. The van der Waals surface area contributed by atoms with Crippen LogP contribution in [0.2, 0.25) is 5.02 Å². The van der Waals surface area contributed by atoms with Gasteiger partial charge in [0.2, 0.25) is 0 Å². The average Bonchev–Trinajstić information content (AvgIpc) is 2.72. The van der Waals surface area contributed by atoms with Gasteiger partial charge in [0.05, 0.1) is 29.5 Å². The smallest absolute Gasteiger partial charge is 0.416 e. The molecule has 0 aliphatic carbocycles. The highest BCUT2D eigenvalue weighted by atomic mass is 35.5. The molecule has 0 radical (unpaired) electrons. The number of nitrogens with one attached hydrogen (secondary N) is 1. The Hall–Kier alpha value is -2.94. The Morgan fingerprint density at radius 3 is 2.39 bits per heavy atom. The maximum Gasteiger partial charge on any atom is 0.416 e. The third kappa shape index (κ3) is 8.01. The summed E-state index contributed by atoms with van der Waals surface area (Å²) in [5.74, 6) is -0.309. The van der Waals surface area contributed by atoms with E-state index < -0.39 is 30.2 Å². The number of hydrogen-bond acceptors (Lipinski definition) is 5.